The van der Waals surface area contributed by atoms with E-state index in [4.69, 9.17) is 8.94 Å². The van der Waals surface area contributed by atoms with Gasteiger partial charge in [0.2, 0.25) is 5.76 Å². The zero-order chi connectivity index (χ0) is 18.9. The van der Waals surface area contributed by atoms with Gasteiger partial charge in [-0.1, -0.05) is 35.5 Å². The molecule has 7 heteroatoms. The number of imidazole rings is 1. The van der Waals surface area contributed by atoms with Crippen molar-refractivity contribution in [3.8, 4) is 34.2 Å². The summed E-state index contributed by atoms with van der Waals surface area (Å²) in [6.07, 6.45) is 3.42. The number of nitrogens with one attached hydrogen (secondary N) is 1. The minimum absolute atomic E-state index is 0.505. The number of aromatic amines is 1. The van der Waals surface area contributed by atoms with Crippen LogP contribution in [-0.2, 0) is 6.54 Å². The highest BCUT2D eigenvalue weighted by atomic mass is 16.5. The van der Waals surface area contributed by atoms with Crippen LogP contribution >= 0.6 is 0 Å². The third-order valence-corrected chi connectivity index (χ3v) is 4.49. The molecule has 0 bridgehead atoms. The van der Waals surface area contributed by atoms with Crippen LogP contribution in [0.2, 0.25) is 0 Å². The summed E-state index contributed by atoms with van der Waals surface area (Å²) in [6.45, 7) is 2.48. The number of benzene rings is 1. The minimum Gasteiger partial charge on any atom is -0.461 e. The number of rotatable bonds is 5. The molecule has 1 N–H and O–H groups in total. The standard InChI is InChI=1S/C21H17N5O2/c1-14-10-17(24-23-14)21-20(15-6-3-2-4-7-15)22-13-26(21)12-16-11-19(28-25-16)18-8-5-9-27-18/h2-11,13H,12H2,1H3,(H,23,24). The third kappa shape index (κ3) is 2.92. The van der Waals surface area contributed by atoms with E-state index in [0.717, 1.165) is 34.0 Å². The smallest absolute Gasteiger partial charge is 0.202 e. The maximum absolute atomic E-state index is 5.42. The SMILES string of the molecule is Cc1cc(-c2c(-c3ccccc3)ncn2Cc2cc(-c3ccco3)on2)n[nH]1. The second-order valence-electron chi connectivity index (χ2n) is 6.53. The summed E-state index contributed by atoms with van der Waals surface area (Å²) in [7, 11) is 0. The number of hydrogen-bond acceptors (Lipinski definition) is 5. The van der Waals surface area contributed by atoms with Crippen molar-refractivity contribution >= 4 is 0 Å². The fourth-order valence-electron chi connectivity index (χ4n) is 3.21. The molecule has 0 aliphatic heterocycles. The third-order valence-electron chi connectivity index (χ3n) is 4.49. The van der Waals surface area contributed by atoms with Crippen LogP contribution in [0.1, 0.15) is 11.4 Å². The molecule has 28 heavy (non-hydrogen) atoms. The first-order valence-electron chi connectivity index (χ1n) is 8.90. The first-order valence-corrected chi connectivity index (χ1v) is 8.90. The molecule has 0 unspecified atom stereocenters. The first-order chi connectivity index (χ1) is 13.8. The molecule has 1 aromatic carbocycles. The first kappa shape index (κ1) is 16.3. The number of H-pyrrole nitrogens is 1. The Hall–Kier alpha value is -3.87. The summed E-state index contributed by atoms with van der Waals surface area (Å²) < 4.78 is 12.8. The van der Waals surface area contributed by atoms with Crippen molar-refractivity contribution in [2.24, 2.45) is 0 Å². The number of aromatic nitrogens is 5. The van der Waals surface area contributed by atoms with Gasteiger partial charge in [-0.25, -0.2) is 4.98 Å². The van der Waals surface area contributed by atoms with E-state index in [0.29, 0.717) is 18.1 Å². The average molecular weight is 371 g/mol. The van der Waals surface area contributed by atoms with Gasteiger partial charge >= 0.3 is 0 Å². The van der Waals surface area contributed by atoms with Crippen molar-refractivity contribution in [1.29, 1.82) is 0 Å². The summed E-state index contributed by atoms with van der Waals surface area (Å²) in [5, 5.41) is 11.6. The molecule has 5 aromatic rings. The number of aryl methyl sites for hydroxylation is 1. The number of nitrogens with zero attached hydrogens (tertiary/aromatic N) is 4. The van der Waals surface area contributed by atoms with Gasteiger partial charge in [-0.15, -0.1) is 0 Å². The van der Waals surface area contributed by atoms with Gasteiger partial charge in [0, 0.05) is 17.3 Å². The molecule has 0 fully saturated rings. The Balaban J connectivity index is 1.55. The van der Waals surface area contributed by atoms with E-state index in [2.05, 4.69) is 20.3 Å². The van der Waals surface area contributed by atoms with Gasteiger partial charge in [-0.3, -0.25) is 5.10 Å². The molecule has 0 spiro atoms. The molecule has 0 atom stereocenters. The Morgan fingerprint density at radius 1 is 1.04 bits per heavy atom. The van der Waals surface area contributed by atoms with Crippen molar-refractivity contribution in [3.63, 3.8) is 0 Å². The minimum atomic E-state index is 0.505. The van der Waals surface area contributed by atoms with Crippen LogP contribution in [0, 0.1) is 6.92 Å². The van der Waals surface area contributed by atoms with Crippen LogP contribution in [0.25, 0.3) is 34.2 Å². The molecule has 7 nitrogen and oxygen atoms in total. The van der Waals surface area contributed by atoms with E-state index in [9.17, 15) is 0 Å². The molecular formula is C21H17N5O2. The molecule has 0 saturated carbocycles. The molecule has 5 rings (SSSR count). The van der Waals surface area contributed by atoms with E-state index in [1.165, 1.54) is 0 Å². The molecule has 0 aliphatic rings. The van der Waals surface area contributed by atoms with E-state index in [-0.39, 0.29) is 0 Å². The lowest BCUT2D eigenvalue weighted by Crippen LogP contribution is -2.01. The van der Waals surface area contributed by atoms with Crippen molar-refractivity contribution in [2.45, 2.75) is 13.5 Å². The van der Waals surface area contributed by atoms with Gasteiger partial charge in [0.15, 0.2) is 5.76 Å². The van der Waals surface area contributed by atoms with Gasteiger partial charge in [0.1, 0.15) is 11.4 Å². The van der Waals surface area contributed by atoms with E-state index in [1.807, 2.05) is 72.4 Å². The lowest BCUT2D eigenvalue weighted by molar-refractivity contribution is 0.409. The fourth-order valence-corrected chi connectivity index (χ4v) is 3.21. The van der Waals surface area contributed by atoms with E-state index in [1.54, 1.807) is 6.26 Å². The van der Waals surface area contributed by atoms with Crippen molar-refractivity contribution in [2.75, 3.05) is 0 Å². The van der Waals surface area contributed by atoms with Gasteiger partial charge in [-0.2, -0.15) is 5.10 Å². The summed E-state index contributed by atoms with van der Waals surface area (Å²) >= 11 is 0. The summed E-state index contributed by atoms with van der Waals surface area (Å²) in [6, 6.07) is 17.6. The molecule has 0 aliphatic carbocycles. The van der Waals surface area contributed by atoms with Gasteiger partial charge < -0.3 is 13.5 Å². The Morgan fingerprint density at radius 3 is 2.68 bits per heavy atom. The van der Waals surface area contributed by atoms with Gasteiger partial charge in [0.05, 0.1) is 30.5 Å². The molecule has 4 aromatic heterocycles. The van der Waals surface area contributed by atoms with Crippen LogP contribution in [0.3, 0.4) is 0 Å². The second-order valence-corrected chi connectivity index (χ2v) is 6.53. The Morgan fingerprint density at radius 2 is 1.93 bits per heavy atom. The lowest BCUT2D eigenvalue weighted by atomic mass is 10.1. The van der Waals surface area contributed by atoms with Crippen LogP contribution in [0.4, 0.5) is 0 Å². The Labute approximate surface area is 160 Å². The fraction of sp³-hybridized carbons (Fsp3) is 0.0952. The van der Waals surface area contributed by atoms with Crippen LogP contribution in [0.15, 0.2) is 76.1 Å². The predicted molar refractivity (Wildman–Crippen MR) is 103 cm³/mol. The van der Waals surface area contributed by atoms with Crippen molar-refractivity contribution in [1.82, 2.24) is 24.9 Å². The molecule has 138 valence electrons. The molecule has 0 saturated heterocycles. The predicted octanol–water partition coefficient (Wildman–Crippen LogP) is 4.54. The summed E-state index contributed by atoms with van der Waals surface area (Å²) in [5.74, 6) is 1.25. The molecule has 0 amide bonds. The molecular weight excluding hydrogens is 354 g/mol. The number of furan rings is 1. The Kier molecular flexibility index (Phi) is 3.90. The molecule has 4 heterocycles. The van der Waals surface area contributed by atoms with Crippen LogP contribution in [-0.4, -0.2) is 24.9 Å². The second kappa shape index (κ2) is 6.70. The van der Waals surface area contributed by atoms with Crippen LogP contribution < -0.4 is 0 Å². The highest BCUT2D eigenvalue weighted by molar-refractivity contribution is 5.77. The van der Waals surface area contributed by atoms with Gasteiger partial charge in [0.25, 0.3) is 0 Å². The summed E-state index contributed by atoms with van der Waals surface area (Å²) in [4.78, 5) is 4.66. The van der Waals surface area contributed by atoms with E-state index >= 15 is 0 Å². The average Bonchev–Trinajstić information content (AvgIpc) is 3.50. The number of hydrogen-bond donors (Lipinski definition) is 1. The normalized spacial score (nSPS) is 11.2. The largest absolute Gasteiger partial charge is 0.461 e. The van der Waals surface area contributed by atoms with Crippen molar-refractivity contribution in [3.05, 3.63) is 78.6 Å². The topological polar surface area (TPSA) is 85.7 Å². The highest BCUT2D eigenvalue weighted by Crippen LogP contribution is 2.31. The molecule has 0 radical (unpaired) electrons. The van der Waals surface area contributed by atoms with Crippen molar-refractivity contribution < 1.29 is 8.94 Å². The highest BCUT2D eigenvalue weighted by Gasteiger charge is 2.19. The van der Waals surface area contributed by atoms with Gasteiger partial charge in [-0.05, 0) is 25.1 Å². The zero-order valence-corrected chi connectivity index (χ0v) is 15.2. The quantitative estimate of drug-likeness (QED) is 0.490. The van der Waals surface area contributed by atoms with E-state index < -0.39 is 0 Å². The monoisotopic (exact) mass is 371 g/mol. The zero-order valence-electron chi connectivity index (χ0n) is 15.2. The maximum atomic E-state index is 5.42. The Bertz CT molecular complexity index is 1200. The lowest BCUT2D eigenvalue weighted by Gasteiger charge is -2.06. The maximum Gasteiger partial charge on any atom is 0.202 e. The summed E-state index contributed by atoms with van der Waals surface area (Å²) in [5.41, 5.74) is 5.44. The van der Waals surface area contributed by atoms with Crippen LogP contribution in [0.5, 0.6) is 0 Å².